The minimum Gasteiger partial charge on any atom is -0.381 e. The molecule has 3 heterocycles. The van der Waals surface area contributed by atoms with Crippen molar-refractivity contribution in [1.29, 1.82) is 0 Å². The van der Waals surface area contributed by atoms with E-state index >= 15 is 0 Å². The largest absolute Gasteiger partial charge is 0.381 e. The molecule has 1 aromatic heterocycles. The molecule has 5 nitrogen and oxygen atoms in total. The highest BCUT2D eigenvalue weighted by atomic mass is 16.5. The molecule has 2 aliphatic heterocycles. The summed E-state index contributed by atoms with van der Waals surface area (Å²) in [6.07, 6.45) is 2.03. The van der Waals surface area contributed by atoms with Crippen LogP contribution < -0.4 is 5.32 Å². The fraction of sp³-hybridized carbons (Fsp3) is 0.455. The van der Waals surface area contributed by atoms with Crippen molar-refractivity contribution < 1.29 is 9.53 Å². The lowest BCUT2D eigenvalue weighted by molar-refractivity contribution is -0.111. The highest BCUT2D eigenvalue weighted by Crippen LogP contribution is 2.54. The highest BCUT2D eigenvalue weighted by Gasteiger charge is 2.55. The molecule has 1 spiro atoms. The van der Waals surface area contributed by atoms with E-state index in [1.54, 1.807) is 0 Å². The second kappa shape index (κ2) is 7.31. The lowest BCUT2D eigenvalue weighted by atomic mass is 9.64. The molecule has 0 aliphatic carbocycles. The molecule has 0 bridgehead atoms. The average Bonchev–Trinajstić information content (AvgIpc) is 2.65. The first-order chi connectivity index (χ1) is 13.1. The number of carbonyl (C=O) groups is 1. The summed E-state index contributed by atoms with van der Waals surface area (Å²) in [6, 6.07) is 14.6. The number of rotatable bonds is 3. The molecule has 2 aliphatic rings. The lowest BCUT2D eigenvalue weighted by Gasteiger charge is -2.59. The molecule has 1 aromatic carbocycles. The molecule has 2 fully saturated rings. The summed E-state index contributed by atoms with van der Waals surface area (Å²) in [5.41, 5.74) is 4.42. The van der Waals surface area contributed by atoms with Gasteiger partial charge in [-0.05, 0) is 49.9 Å². The van der Waals surface area contributed by atoms with E-state index in [1.807, 2.05) is 36.9 Å². The number of carbonyl (C=O) groups excluding carboxylic acids is 1. The van der Waals surface area contributed by atoms with Crippen molar-refractivity contribution in [1.82, 2.24) is 15.2 Å². The fourth-order valence-corrected chi connectivity index (χ4v) is 4.60. The van der Waals surface area contributed by atoms with Gasteiger partial charge in [0, 0.05) is 43.1 Å². The van der Waals surface area contributed by atoms with Gasteiger partial charge < -0.3 is 15.0 Å². The maximum Gasteiger partial charge on any atom is 0.318 e. The van der Waals surface area contributed by atoms with Gasteiger partial charge in [0.2, 0.25) is 0 Å². The summed E-state index contributed by atoms with van der Waals surface area (Å²) in [5, 5.41) is 3.11. The van der Waals surface area contributed by atoms with Crippen molar-refractivity contribution >= 4 is 6.03 Å². The van der Waals surface area contributed by atoms with Crippen LogP contribution in [0.15, 0.2) is 42.5 Å². The van der Waals surface area contributed by atoms with Crippen molar-refractivity contribution in [3.8, 4) is 0 Å². The van der Waals surface area contributed by atoms with Crippen molar-refractivity contribution in [3.05, 3.63) is 65.0 Å². The van der Waals surface area contributed by atoms with Gasteiger partial charge in [-0.15, -0.1) is 0 Å². The van der Waals surface area contributed by atoms with Crippen molar-refractivity contribution in [2.45, 2.75) is 39.3 Å². The molecule has 1 atom stereocenters. The molecule has 1 N–H and O–H groups in total. The number of amides is 2. The number of aromatic nitrogens is 1. The average molecular weight is 365 g/mol. The monoisotopic (exact) mass is 365 g/mol. The van der Waals surface area contributed by atoms with Crippen molar-refractivity contribution in [2.75, 3.05) is 19.8 Å². The molecular weight excluding hydrogens is 338 g/mol. The summed E-state index contributed by atoms with van der Waals surface area (Å²) in [6.45, 7) is 6.86. The van der Waals surface area contributed by atoms with Crippen LogP contribution in [0.2, 0.25) is 0 Å². The van der Waals surface area contributed by atoms with Crippen LogP contribution in [-0.4, -0.2) is 35.7 Å². The van der Waals surface area contributed by atoms with Gasteiger partial charge in [0.05, 0.1) is 6.04 Å². The Hall–Kier alpha value is -2.40. The Morgan fingerprint density at radius 1 is 1.19 bits per heavy atom. The summed E-state index contributed by atoms with van der Waals surface area (Å²) in [7, 11) is 0. The van der Waals surface area contributed by atoms with Crippen LogP contribution in [0.25, 0.3) is 0 Å². The van der Waals surface area contributed by atoms with E-state index in [9.17, 15) is 4.79 Å². The van der Waals surface area contributed by atoms with Crippen LogP contribution in [0.1, 0.15) is 41.4 Å². The first-order valence-corrected chi connectivity index (χ1v) is 9.69. The highest BCUT2D eigenvalue weighted by molar-refractivity contribution is 5.76. The summed E-state index contributed by atoms with van der Waals surface area (Å²) in [5.74, 6) is 0. The van der Waals surface area contributed by atoms with Crippen LogP contribution in [0.3, 0.4) is 0 Å². The first-order valence-electron chi connectivity index (χ1n) is 9.69. The van der Waals surface area contributed by atoms with E-state index in [4.69, 9.17) is 4.74 Å². The van der Waals surface area contributed by atoms with Crippen molar-refractivity contribution in [2.24, 2.45) is 5.41 Å². The summed E-state index contributed by atoms with van der Waals surface area (Å²) in [4.78, 5) is 19.3. The predicted molar refractivity (Wildman–Crippen MR) is 104 cm³/mol. The van der Waals surface area contributed by atoms with Gasteiger partial charge in [-0.3, -0.25) is 4.98 Å². The number of likely N-dealkylation sites (tertiary alicyclic amines) is 1. The fourth-order valence-electron chi connectivity index (χ4n) is 4.60. The van der Waals surface area contributed by atoms with Crippen LogP contribution in [-0.2, 0) is 11.3 Å². The van der Waals surface area contributed by atoms with Gasteiger partial charge in [0.1, 0.15) is 0 Å². The number of hydrogen-bond acceptors (Lipinski definition) is 3. The Bertz CT molecular complexity index is 795. The minimum atomic E-state index is 0.00749. The first kappa shape index (κ1) is 18.0. The second-order valence-electron chi connectivity index (χ2n) is 7.83. The zero-order chi connectivity index (χ0) is 18.9. The number of ether oxygens (including phenoxy) is 1. The number of benzene rings is 1. The molecule has 2 amide bonds. The zero-order valence-corrected chi connectivity index (χ0v) is 16.1. The number of aryl methyl sites for hydroxylation is 2. The number of nitrogens with zero attached hydrogens (tertiary/aromatic N) is 2. The van der Waals surface area contributed by atoms with E-state index in [1.165, 1.54) is 5.56 Å². The summed E-state index contributed by atoms with van der Waals surface area (Å²) < 4.78 is 5.58. The molecule has 142 valence electrons. The number of nitrogens with one attached hydrogen (secondary N) is 1. The van der Waals surface area contributed by atoms with Gasteiger partial charge in [0.15, 0.2) is 0 Å². The Morgan fingerprint density at radius 3 is 2.52 bits per heavy atom. The van der Waals surface area contributed by atoms with Gasteiger partial charge in [-0.2, -0.15) is 0 Å². The standard InChI is InChI=1S/C22H27N3O2/c1-16-12-18(13-17(2)24-16)14-23-21(26)25-15-22(8-10-27-11-9-22)20(25)19-6-4-3-5-7-19/h3-7,12-13,20H,8-11,14-15H2,1-2H3,(H,23,26). The smallest absolute Gasteiger partial charge is 0.318 e. The maximum absolute atomic E-state index is 12.9. The zero-order valence-electron chi connectivity index (χ0n) is 16.1. The molecule has 5 heteroatoms. The molecular formula is C22H27N3O2. The molecule has 0 radical (unpaired) electrons. The minimum absolute atomic E-state index is 0.00749. The SMILES string of the molecule is Cc1cc(CNC(=O)N2CC3(CCOCC3)C2c2ccccc2)cc(C)n1. The van der Waals surface area contributed by atoms with Crippen LogP contribution in [0.5, 0.6) is 0 Å². The van der Waals surface area contributed by atoms with E-state index in [2.05, 4.69) is 34.6 Å². The normalized spacial score (nSPS) is 21.0. The maximum atomic E-state index is 12.9. The third kappa shape index (κ3) is 3.56. The Morgan fingerprint density at radius 2 is 1.85 bits per heavy atom. The van der Waals surface area contributed by atoms with Crippen molar-refractivity contribution in [3.63, 3.8) is 0 Å². The van der Waals surface area contributed by atoms with Gasteiger partial charge in [-0.1, -0.05) is 30.3 Å². The third-order valence-electron chi connectivity index (χ3n) is 5.83. The molecule has 0 saturated carbocycles. The van der Waals surface area contributed by atoms with Crippen LogP contribution >= 0.6 is 0 Å². The molecule has 27 heavy (non-hydrogen) atoms. The van der Waals surface area contributed by atoms with Gasteiger partial charge in [-0.25, -0.2) is 4.79 Å². The third-order valence-corrected chi connectivity index (χ3v) is 5.83. The number of pyridine rings is 1. The van der Waals surface area contributed by atoms with Crippen LogP contribution in [0.4, 0.5) is 4.79 Å². The van der Waals surface area contributed by atoms with E-state index in [0.717, 1.165) is 49.6 Å². The topological polar surface area (TPSA) is 54.5 Å². The number of urea groups is 1. The van der Waals surface area contributed by atoms with Gasteiger partial charge in [0.25, 0.3) is 0 Å². The van der Waals surface area contributed by atoms with E-state index < -0.39 is 0 Å². The summed E-state index contributed by atoms with van der Waals surface area (Å²) >= 11 is 0. The lowest BCUT2D eigenvalue weighted by Crippen LogP contribution is -2.64. The Labute approximate surface area is 160 Å². The van der Waals surface area contributed by atoms with E-state index in [0.29, 0.717) is 6.54 Å². The Kier molecular flexibility index (Phi) is 4.87. The molecule has 1 unspecified atom stereocenters. The predicted octanol–water partition coefficient (Wildman–Crippen LogP) is 3.76. The molecule has 4 rings (SSSR count). The molecule has 2 saturated heterocycles. The molecule has 2 aromatic rings. The number of hydrogen-bond donors (Lipinski definition) is 1. The second-order valence-corrected chi connectivity index (χ2v) is 7.83. The van der Waals surface area contributed by atoms with Gasteiger partial charge >= 0.3 is 6.03 Å². The Balaban J connectivity index is 1.49. The van der Waals surface area contributed by atoms with E-state index in [-0.39, 0.29) is 17.5 Å². The van der Waals surface area contributed by atoms with Crippen LogP contribution in [0, 0.1) is 19.3 Å². The quantitative estimate of drug-likeness (QED) is 0.901.